The minimum Gasteiger partial charge on any atom is -0.497 e. The van der Waals surface area contributed by atoms with E-state index in [9.17, 15) is 14.4 Å². The van der Waals surface area contributed by atoms with Crippen LogP contribution in [0.3, 0.4) is 0 Å². The standard InChI is InChI=1S/C19H21N3O4/c1-12(14-7-9-17(26-3)10-8-14)20-18(24)19(25)22-16-6-4-5-15(11-16)21-13(2)23/h4-12H,1-3H3,(H,20,24)(H,21,23)(H,22,25). The average Bonchev–Trinajstić information content (AvgIpc) is 2.61. The van der Waals surface area contributed by atoms with Crippen LogP contribution in [-0.4, -0.2) is 24.8 Å². The number of benzene rings is 2. The smallest absolute Gasteiger partial charge is 0.313 e. The van der Waals surface area contributed by atoms with Crippen molar-refractivity contribution in [2.75, 3.05) is 17.7 Å². The van der Waals surface area contributed by atoms with Gasteiger partial charge >= 0.3 is 11.8 Å². The molecular weight excluding hydrogens is 334 g/mol. The minimum absolute atomic E-state index is 0.223. The number of nitrogens with one attached hydrogen (secondary N) is 3. The van der Waals surface area contributed by atoms with Gasteiger partial charge in [-0.25, -0.2) is 0 Å². The lowest BCUT2D eigenvalue weighted by molar-refractivity contribution is -0.136. The van der Waals surface area contributed by atoms with Crippen molar-refractivity contribution >= 4 is 29.1 Å². The third kappa shape index (κ3) is 5.34. The van der Waals surface area contributed by atoms with E-state index < -0.39 is 11.8 Å². The maximum absolute atomic E-state index is 12.1. The summed E-state index contributed by atoms with van der Waals surface area (Å²) in [5.74, 6) is -1.05. The van der Waals surface area contributed by atoms with Gasteiger partial charge in [0.25, 0.3) is 0 Å². The first-order valence-electron chi connectivity index (χ1n) is 8.02. The molecule has 0 saturated heterocycles. The van der Waals surface area contributed by atoms with Crippen molar-refractivity contribution in [3.8, 4) is 5.75 Å². The van der Waals surface area contributed by atoms with Gasteiger partial charge in [-0.15, -0.1) is 0 Å². The van der Waals surface area contributed by atoms with Crippen LogP contribution >= 0.6 is 0 Å². The molecule has 2 aromatic carbocycles. The predicted molar refractivity (Wildman–Crippen MR) is 98.9 cm³/mol. The maximum atomic E-state index is 12.1. The summed E-state index contributed by atoms with van der Waals surface area (Å²) >= 11 is 0. The van der Waals surface area contributed by atoms with E-state index in [0.717, 1.165) is 5.56 Å². The molecule has 7 nitrogen and oxygen atoms in total. The Kier molecular flexibility index (Phi) is 6.32. The van der Waals surface area contributed by atoms with Gasteiger partial charge in [-0.1, -0.05) is 18.2 Å². The SMILES string of the molecule is COc1ccc(C(C)NC(=O)C(=O)Nc2cccc(NC(C)=O)c2)cc1. The molecule has 7 heteroatoms. The molecule has 0 aliphatic carbocycles. The highest BCUT2D eigenvalue weighted by atomic mass is 16.5. The first kappa shape index (κ1) is 19.0. The minimum atomic E-state index is -0.787. The number of hydrogen-bond acceptors (Lipinski definition) is 4. The summed E-state index contributed by atoms with van der Waals surface area (Å²) in [6, 6.07) is 13.4. The summed E-state index contributed by atoms with van der Waals surface area (Å²) in [5.41, 5.74) is 1.79. The van der Waals surface area contributed by atoms with Crippen LogP contribution in [0.25, 0.3) is 0 Å². The third-order valence-corrected chi connectivity index (χ3v) is 3.61. The van der Waals surface area contributed by atoms with Gasteiger partial charge in [0.1, 0.15) is 5.75 Å². The maximum Gasteiger partial charge on any atom is 0.313 e. The van der Waals surface area contributed by atoms with Crippen molar-refractivity contribution in [2.24, 2.45) is 0 Å². The molecule has 3 amide bonds. The second-order valence-corrected chi connectivity index (χ2v) is 5.68. The van der Waals surface area contributed by atoms with Crippen LogP contribution in [0.4, 0.5) is 11.4 Å². The first-order valence-corrected chi connectivity index (χ1v) is 8.02. The second kappa shape index (κ2) is 8.66. The average molecular weight is 355 g/mol. The number of anilines is 2. The number of carbonyl (C=O) groups is 3. The molecule has 3 N–H and O–H groups in total. The Morgan fingerprint density at radius 3 is 2.12 bits per heavy atom. The molecule has 1 atom stereocenters. The zero-order valence-corrected chi connectivity index (χ0v) is 14.8. The summed E-state index contributed by atoms with van der Waals surface area (Å²) in [6.45, 7) is 3.17. The predicted octanol–water partition coefficient (Wildman–Crippen LogP) is 2.47. The van der Waals surface area contributed by atoms with Crippen LogP contribution in [0.15, 0.2) is 48.5 Å². The zero-order valence-electron chi connectivity index (χ0n) is 14.8. The summed E-state index contributed by atoms with van der Waals surface area (Å²) in [5, 5.41) is 7.76. The van der Waals surface area contributed by atoms with Gasteiger partial charge in [0.2, 0.25) is 5.91 Å². The molecule has 2 rings (SSSR count). The third-order valence-electron chi connectivity index (χ3n) is 3.61. The van der Waals surface area contributed by atoms with E-state index in [1.807, 2.05) is 12.1 Å². The quantitative estimate of drug-likeness (QED) is 0.718. The monoisotopic (exact) mass is 355 g/mol. The fourth-order valence-corrected chi connectivity index (χ4v) is 2.30. The first-order chi connectivity index (χ1) is 12.4. The molecule has 0 heterocycles. The molecule has 0 fully saturated rings. The zero-order chi connectivity index (χ0) is 19.1. The van der Waals surface area contributed by atoms with Crippen molar-refractivity contribution in [3.05, 3.63) is 54.1 Å². The Hall–Kier alpha value is -3.35. The van der Waals surface area contributed by atoms with Crippen LogP contribution in [-0.2, 0) is 14.4 Å². The number of rotatable bonds is 5. The van der Waals surface area contributed by atoms with Gasteiger partial charge in [0.15, 0.2) is 0 Å². The Morgan fingerprint density at radius 1 is 0.923 bits per heavy atom. The fourth-order valence-electron chi connectivity index (χ4n) is 2.30. The molecule has 26 heavy (non-hydrogen) atoms. The lowest BCUT2D eigenvalue weighted by atomic mass is 10.1. The second-order valence-electron chi connectivity index (χ2n) is 5.68. The van der Waals surface area contributed by atoms with E-state index >= 15 is 0 Å². The van der Waals surface area contributed by atoms with E-state index in [1.165, 1.54) is 6.92 Å². The number of amides is 3. The highest BCUT2D eigenvalue weighted by molar-refractivity contribution is 6.39. The summed E-state index contributed by atoms with van der Waals surface area (Å²) in [4.78, 5) is 35.3. The van der Waals surface area contributed by atoms with Gasteiger partial charge in [0, 0.05) is 18.3 Å². The van der Waals surface area contributed by atoms with E-state index in [-0.39, 0.29) is 11.9 Å². The highest BCUT2D eigenvalue weighted by Crippen LogP contribution is 2.18. The van der Waals surface area contributed by atoms with Crippen molar-refractivity contribution < 1.29 is 19.1 Å². The molecule has 0 aliphatic rings. The summed E-state index contributed by atoms with van der Waals surface area (Å²) in [6.07, 6.45) is 0. The molecule has 0 spiro atoms. The lowest BCUT2D eigenvalue weighted by Gasteiger charge is -2.15. The Labute approximate surface area is 151 Å². The van der Waals surface area contributed by atoms with Gasteiger partial charge < -0.3 is 20.7 Å². The van der Waals surface area contributed by atoms with E-state index in [4.69, 9.17) is 4.74 Å². The molecule has 0 bridgehead atoms. The van der Waals surface area contributed by atoms with E-state index in [0.29, 0.717) is 17.1 Å². The van der Waals surface area contributed by atoms with Gasteiger partial charge in [-0.3, -0.25) is 14.4 Å². The highest BCUT2D eigenvalue weighted by Gasteiger charge is 2.17. The molecular formula is C19H21N3O4. The Balaban J connectivity index is 1.96. The molecule has 0 saturated carbocycles. The van der Waals surface area contributed by atoms with Crippen molar-refractivity contribution in [2.45, 2.75) is 19.9 Å². The lowest BCUT2D eigenvalue weighted by Crippen LogP contribution is -2.36. The molecule has 0 aliphatic heterocycles. The van der Waals surface area contributed by atoms with Crippen LogP contribution in [0.2, 0.25) is 0 Å². The molecule has 0 aromatic heterocycles. The molecule has 2 aromatic rings. The van der Waals surface area contributed by atoms with Gasteiger partial charge in [0.05, 0.1) is 13.2 Å². The van der Waals surface area contributed by atoms with Crippen LogP contribution < -0.4 is 20.7 Å². The van der Waals surface area contributed by atoms with Crippen LogP contribution in [0.5, 0.6) is 5.75 Å². The Bertz CT molecular complexity index is 803. The van der Waals surface area contributed by atoms with E-state index in [1.54, 1.807) is 50.4 Å². The molecule has 0 radical (unpaired) electrons. The summed E-state index contributed by atoms with van der Waals surface area (Å²) < 4.78 is 5.09. The Morgan fingerprint density at radius 2 is 1.54 bits per heavy atom. The number of ether oxygens (including phenoxy) is 1. The normalized spacial score (nSPS) is 11.2. The van der Waals surface area contributed by atoms with E-state index in [2.05, 4.69) is 16.0 Å². The number of methoxy groups -OCH3 is 1. The van der Waals surface area contributed by atoms with Gasteiger partial charge in [-0.2, -0.15) is 0 Å². The van der Waals surface area contributed by atoms with Crippen molar-refractivity contribution in [1.29, 1.82) is 0 Å². The molecule has 1 unspecified atom stereocenters. The fraction of sp³-hybridized carbons (Fsp3) is 0.211. The van der Waals surface area contributed by atoms with Crippen LogP contribution in [0.1, 0.15) is 25.5 Å². The number of hydrogen-bond donors (Lipinski definition) is 3. The largest absolute Gasteiger partial charge is 0.497 e. The van der Waals surface area contributed by atoms with Crippen LogP contribution in [0, 0.1) is 0 Å². The van der Waals surface area contributed by atoms with Crippen molar-refractivity contribution in [1.82, 2.24) is 5.32 Å². The molecule has 136 valence electrons. The summed E-state index contributed by atoms with van der Waals surface area (Å²) in [7, 11) is 1.57. The number of carbonyl (C=O) groups excluding carboxylic acids is 3. The van der Waals surface area contributed by atoms with Crippen molar-refractivity contribution in [3.63, 3.8) is 0 Å². The van der Waals surface area contributed by atoms with Gasteiger partial charge in [-0.05, 0) is 42.8 Å². The topological polar surface area (TPSA) is 96.5 Å².